The van der Waals surface area contributed by atoms with Gasteiger partial charge in [-0.2, -0.15) is 0 Å². The molecule has 13 heavy (non-hydrogen) atoms. The lowest BCUT2D eigenvalue weighted by molar-refractivity contribution is -0.131. The summed E-state index contributed by atoms with van der Waals surface area (Å²) >= 11 is 1.57. The SMILES string of the molecule is CN(Cc1cscn1)C(=O)C1CC1. The third-order valence-corrected chi connectivity index (χ3v) is 2.82. The van der Waals surface area contributed by atoms with Crippen molar-refractivity contribution in [2.45, 2.75) is 19.4 Å². The quantitative estimate of drug-likeness (QED) is 0.734. The summed E-state index contributed by atoms with van der Waals surface area (Å²) in [4.78, 5) is 17.4. The molecule has 0 saturated heterocycles. The summed E-state index contributed by atoms with van der Waals surface area (Å²) < 4.78 is 0. The third-order valence-electron chi connectivity index (χ3n) is 2.19. The number of hydrogen-bond donors (Lipinski definition) is 0. The average molecular weight is 196 g/mol. The largest absolute Gasteiger partial charge is 0.340 e. The van der Waals surface area contributed by atoms with E-state index in [1.807, 2.05) is 12.4 Å². The fraction of sp³-hybridized carbons (Fsp3) is 0.556. The van der Waals surface area contributed by atoms with Gasteiger partial charge in [-0.3, -0.25) is 4.79 Å². The van der Waals surface area contributed by atoms with Crippen molar-refractivity contribution in [3.8, 4) is 0 Å². The molecule has 1 aromatic heterocycles. The van der Waals surface area contributed by atoms with Gasteiger partial charge in [0.25, 0.3) is 0 Å². The van der Waals surface area contributed by atoms with E-state index >= 15 is 0 Å². The Morgan fingerprint density at radius 1 is 1.77 bits per heavy atom. The minimum absolute atomic E-state index is 0.271. The van der Waals surface area contributed by atoms with Crippen LogP contribution in [0.5, 0.6) is 0 Å². The molecule has 4 heteroatoms. The van der Waals surface area contributed by atoms with E-state index in [4.69, 9.17) is 0 Å². The smallest absolute Gasteiger partial charge is 0.225 e. The molecule has 3 nitrogen and oxygen atoms in total. The summed E-state index contributed by atoms with van der Waals surface area (Å²) in [5, 5.41) is 1.98. The maximum Gasteiger partial charge on any atom is 0.225 e. The van der Waals surface area contributed by atoms with Crippen LogP contribution in [0.1, 0.15) is 18.5 Å². The molecule has 1 heterocycles. The number of carbonyl (C=O) groups excluding carboxylic acids is 1. The van der Waals surface area contributed by atoms with E-state index in [0.29, 0.717) is 12.5 Å². The van der Waals surface area contributed by atoms with Crippen LogP contribution < -0.4 is 0 Å². The molecule has 0 bridgehead atoms. The van der Waals surface area contributed by atoms with Gasteiger partial charge in [0.15, 0.2) is 0 Å². The van der Waals surface area contributed by atoms with Crippen LogP contribution in [0.3, 0.4) is 0 Å². The van der Waals surface area contributed by atoms with E-state index in [9.17, 15) is 4.79 Å². The van der Waals surface area contributed by atoms with Crippen LogP contribution >= 0.6 is 11.3 Å². The Morgan fingerprint density at radius 2 is 2.54 bits per heavy atom. The van der Waals surface area contributed by atoms with Gasteiger partial charge < -0.3 is 4.90 Å². The monoisotopic (exact) mass is 196 g/mol. The molecule has 70 valence electrons. The molecule has 0 radical (unpaired) electrons. The van der Waals surface area contributed by atoms with E-state index in [1.54, 1.807) is 21.7 Å². The van der Waals surface area contributed by atoms with E-state index in [-0.39, 0.29) is 5.91 Å². The Bertz CT molecular complexity index is 293. The number of aromatic nitrogens is 1. The minimum atomic E-state index is 0.271. The molecule has 0 aliphatic heterocycles. The zero-order valence-electron chi connectivity index (χ0n) is 7.56. The van der Waals surface area contributed by atoms with Crippen LogP contribution in [0, 0.1) is 5.92 Å². The van der Waals surface area contributed by atoms with Gasteiger partial charge in [0.1, 0.15) is 0 Å². The zero-order chi connectivity index (χ0) is 9.26. The van der Waals surface area contributed by atoms with Gasteiger partial charge in [-0.1, -0.05) is 0 Å². The minimum Gasteiger partial charge on any atom is -0.340 e. The molecule has 2 rings (SSSR count). The van der Waals surface area contributed by atoms with E-state index in [2.05, 4.69) is 4.98 Å². The Morgan fingerprint density at radius 3 is 3.08 bits per heavy atom. The van der Waals surface area contributed by atoms with Crippen molar-refractivity contribution in [1.29, 1.82) is 0 Å². The average Bonchev–Trinajstić information content (AvgIpc) is 2.85. The summed E-state index contributed by atoms with van der Waals surface area (Å²) in [6.07, 6.45) is 2.14. The Hall–Kier alpha value is -0.900. The van der Waals surface area contributed by atoms with Crippen LogP contribution in [0.2, 0.25) is 0 Å². The van der Waals surface area contributed by atoms with Gasteiger partial charge in [0.05, 0.1) is 17.7 Å². The van der Waals surface area contributed by atoms with Gasteiger partial charge >= 0.3 is 0 Å². The fourth-order valence-electron chi connectivity index (χ4n) is 1.28. The number of nitrogens with zero attached hydrogens (tertiary/aromatic N) is 2. The van der Waals surface area contributed by atoms with Crippen LogP contribution in [0.25, 0.3) is 0 Å². The number of rotatable bonds is 3. The summed E-state index contributed by atoms with van der Waals surface area (Å²) in [5.74, 6) is 0.580. The molecule has 0 spiro atoms. The molecule has 1 amide bonds. The lowest BCUT2D eigenvalue weighted by Crippen LogP contribution is -2.27. The Kier molecular flexibility index (Phi) is 2.31. The van der Waals surface area contributed by atoms with Gasteiger partial charge in [-0.05, 0) is 12.8 Å². The lowest BCUT2D eigenvalue weighted by Gasteiger charge is -2.14. The summed E-state index contributed by atoms with van der Waals surface area (Å²) in [5.41, 5.74) is 2.78. The van der Waals surface area contributed by atoms with E-state index < -0.39 is 0 Å². The van der Waals surface area contributed by atoms with E-state index in [0.717, 1.165) is 18.5 Å². The predicted octanol–water partition coefficient (Wildman–Crippen LogP) is 1.51. The Balaban J connectivity index is 1.90. The van der Waals surface area contributed by atoms with Gasteiger partial charge in [0, 0.05) is 18.3 Å². The van der Waals surface area contributed by atoms with Crippen molar-refractivity contribution in [2.75, 3.05) is 7.05 Å². The number of amides is 1. The maximum atomic E-state index is 11.5. The molecule has 1 saturated carbocycles. The highest BCUT2D eigenvalue weighted by Gasteiger charge is 2.31. The Labute approximate surface area is 81.4 Å². The van der Waals surface area contributed by atoms with Gasteiger partial charge in [0.2, 0.25) is 5.91 Å². The third kappa shape index (κ3) is 2.06. The molecule has 1 fully saturated rings. The molecule has 0 atom stereocenters. The standard InChI is InChI=1S/C9H12N2OS/c1-11(9(12)7-2-3-7)4-8-5-13-6-10-8/h5-7H,2-4H2,1H3. The second kappa shape index (κ2) is 3.46. The highest BCUT2D eigenvalue weighted by molar-refractivity contribution is 7.07. The molecule has 0 aromatic carbocycles. The van der Waals surface area contributed by atoms with Gasteiger partial charge in [-0.25, -0.2) is 4.98 Å². The second-order valence-electron chi connectivity index (χ2n) is 3.45. The van der Waals surface area contributed by atoms with Crippen molar-refractivity contribution in [3.63, 3.8) is 0 Å². The number of thiazole rings is 1. The predicted molar refractivity (Wildman–Crippen MR) is 51.3 cm³/mol. The molecule has 0 unspecified atom stereocenters. The second-order valence-corrected chi connectivity index (χ2v) is 4.17. The van der Waals surface area contributed by atoms with Crippen molar-refractivity contribution in [2.24, 2.45) is 5.92 Å². The first-order valence-electron chi connectivity index (χ1n) is 4.39. The highest BCUT2D eigenvalue weighted by atomic mass is 32.1. The molecule has 0 N–H and O–H groups in total. The molecule has 1 aromatic rings. The van der Waals surface area contributed by atoms with Crippen LogP contribution in [0.4, 0.5) is 0 Å². The topological polar surface area (TPSA) is 33.2 Å². The zero-order valence-corrected chi connectivity index (χ0v) is 8.38. The first kappa shape index (κ1) is 8.69. The van der Waals surface area contributed by atoms with Gasteiger partial charge in [-0.15, -0.1) is 11.3 Å². The highest BCUT2D eigenvalue weighted by Crippen LogP contribution is 2.30. The first-order chi connectivity index (χ1) is 6.27. The first-order valence-corrected chi connectivity index (χ1v) is 5.33. The van der Waals surface area contributed by atoms with Crippen molar-refractivity contribution >= 4 is 17.2 Å². The molecule has 1 aliphatic carbocycles. The van der Waals surface area contributed by atoms with Crippen LogP contribution in [-0.2, 0) is 11.3 Å². The summed E-state index contributed by atoms with van der Waals surface area (Å²) in [7, 11) is 1.85. The number of hydrogen-bond acceptors (Lipinski definition) is 3. The van der Waals surface area contributed by atoms with Crippen molar-refractivity contribution in [1.82, 2.24) is 9.88 Å². The van der Waals surface area contributed by atoms with Crippen molar-refractivity contribution < 1.29 is 4.79 Å². The van der Waals surface area contributed by atoms with Crippen LogP contribution in [0.15, 0.2) is 10.9 Å². The maximum absolute atomic E-state index is 11.5. The normalized spacial score (nSPS) is 15.8. The van der Waals surface area contributed by atoms with E-state index in [1.165, 1.54) is 0 Å². The number of carbonyl (C=O) groups is 1. The summed E-state index contributed by atoms with van der Waals surface area (Å²) in [6, 6.07) is 0. The molecular formula is C9H12N2OS. The lowest BCUT2D eigenvalue weighted by atomic mass is 10.3. The van der Waals surface area contributed by atoms with Crippen LogP contribution in [-0.4, -0.2) is 22.8 Å². The van der Waals surface area contributed by atoms with Crippen molar-refractivity contribution in [3.05, 3.63) is 16.6 Å². The molecular weight excluding hydrogens is 184 g/mol. The summed E-state index contributed by atoms with van der Waals surface area (Å²) in [6.45, 7) is 0.652. The molecule has 1 aliphatic rings. The fourth-order valence-corrected chi connectivity index (χ4v) is 1.83.